The molecule has 1 saturated carbocycles. The van der Waals surface area contributed by atoms with Crippen LogP contribution < -0.4 is 5.32 Å². The number of hydrogen-bond donors (Lipinski definition) is 2. The van der Waals surface area contributed by atoms with Crippen molar-refractivity contribution in [1.29, 1.82) is 0 Å². The van der Waals surface area contributed by atoms with Gasteiger partial charge < -0.3 is 19.9 Å². The molecule has 0 heterocycles. The molecule has 0 saturated heterocycles. The maximum atomic E-state index is 12.5. The summed E-state index contributed by atoms with van der Waals surface area (Å²) >= 11 is 0. The highest BCUT2D eigenvalue weighted by atomic mass is 16.5. The third kappa shape index (κ3) is 3.60. The van der Waals surface area contributed by atoms with Crippen LogP contribution in [0.4, 0.5) is 4.79 Å². The van der Waals surface area contributed by atoms with E-state index in [1.807, 2.05) is 36.4 Å². The molecule has 4 rings (SSSR count). The minimum atomic E-state index is -1.29. The molecule has 1 fully saturated rings. The highest BCUT2D eigenvalue weighted by Crippen LogP contribution is 2.44. The van der Waals surface area contributed by atoms with Crippen molar-refractivity contribution in [1.82, 2.24) is 5.32 Å². The maximum Gasteiger partial charge on any atom is 0.408 e. The fourth-order valence-corrected chi connectivity index (χ4v) is 4.54. The second kappa shape index (κ2) is 7.87. The van der Waals surface area contributed by atoms with Gasteiger partial charge in [0.2, 0.25) is 0 Å². The molecule has 1 amide bonds. The molecular weight excluding hydrogens is 370 g/mol. The van der Waals surface area contributed by atoms with E-state index in [1.165, 1.54) is 0 Å². The van der Waals surface area contributed by atoms with Gasteiger partial charge in [0.05, 0.1) is 6.10 Å². The zero-order valence-corrected chi connectivity index (χ0v) is 16.4. The number of hydrogen-bond acceptors (Lipinski definition) is 4. The molecule has 0 spiro atoms. The first kappa shape index (κ1) is 19.5. The van der Waals surface area contributed by atoms with E-state index >= 15 is 0 Å². The summed E-state index contributed by atoms with van der Waals surface area (Å²) in [6.45, 7) is 0.163. The lowest BCUT2D eigenvalue weighted by Crippen LogP contribution is -2.57. The molecule has 0 aromatic heterocycles. The highest BCUT2D eigenvalue weighted by molar-refractivity contribution is 5.84. The normalized spacial score (nSPS) is 23.1. The van der Waals surface area contributed by atoms with Crippen LogP contribution in [0.25, 0.3) is 11.1 Å². The maximum absolute atomic E-state index is 12.5. The number of carboxylic acid groups (broad SMARTS) is 1. The average molecular weight is 395 g/mol. The minimum Gasteiger partial charge on any atom is -0.480 e. The second-order valence-corrected chi connectivity index (χ2v) is 7.77. The summed E-state index contributed by atoms with van der Waals surface area (Å²) in [6, 6.07) is 16.2. The number of ether oxygens (including phenoxy) is 2. The Labute approximate surface area is 169 Å². The van der Waals surface area contributed by atoms with Crippen molar-refractivity contribution in [3.63, 3.8) is 0 Å². The second-order valence-electron chi connectivity index (χ2n) is 7.77. The van der Waals surface area contributed by atoms with Crippen LogP contribution in [0, 0.1) is 0 Å². The predicted octanol–water partition coefficient (Wildman–Crippen LogP) is 3.94. The number of rotatable bonds is 5. The van der Waals surface area contributed by atoms with Crippen LogP contribution in [-0.4, -0.2) is 42.5 Å². The Balaban J connectivity index is 1.45. The Bertz CT molecular complexity index is 871. The molecule has 2 aromatic carbocycles. The van der Waals surface area contributed by atoms with Crippen LogP contribution in [-0.2, 0) is 14.3 Å². The molecule has 2 N–H and O–H groups in total. The minimum absolute atomic E-state index is 0.0341. The lowest BCUT2D eigenvalue weighted by atomic mass is 9.80. The Hall–Kier alpha value is -2.86. The van der Waals surface area contributed by atoms with E-state index < -0.39 is 17.6 Å². The Morgan fingerprint density at radius 2 is 1.59 bits per heavy atom. The van der Waals surface area contributed by atoms with Gasteiger partial charge in [-0.15, -0.1) is 0 Å². The highest BCUT2D eigenvalue weighted by Gasteiger charge is 2.44. The van der Waals surface area contributed by atoms with Crippen molar-refractivity contribution >= 4 is 12.1 Å². The smallest absolute Gasteiger partial charge is 0.408 e. The van der Waals surface area contributed by atoms with E-state index in [0.29, 0.717) is 25.7 Å². The lowest BCUT2D eigenvalue weighted by molar-refractivity contribution is -0.147. The summed E-state index contributed by atoms with van der Waals surface area (Å²) < 4.78 is 10.8. The van der Waals surface area contributed by atoms with Gasteiger partial charge in [0.1, 0.15) is 12.1 Å². The summed E-state index contributed by atoms with van der Waals surface area (Å²) in [4.78, 5) is 24.4. The number of nitrogens with one attached hydrogen (secondary N) is 1. The number of amides is 1. The van der Waals surface area contributed by atoms with Gasteiger partial charge in [-0.2, -0.15) is 0 Å². The third-order valence-corrected chi connectivity index (χ3v) is 6.21. The number of methoxy groups -OCH3 is 1. The molecule has 0 aliphatic heterocycles. The Morgan fingerprint density at radius 1 is 1.03 bits per heavy atom. The summed E-state index contributed by atoms with van der Waals surface area (Å²) in [7, 11) is 1.62. The standard InChI is InChI=1S/C23H25NO5/c1-28-15-10-12-23(13-11-15,21(25)26)24-22(27)29-14-20-18-8-4-2-6-16(18)17-7-3-5-9-19(17)20/h2-9,15,20H,10-14H2,1H3,(H,24,27)(H,25,26). The number of carboxylic acids is 1. The molecule has 0 bridgehead atoms. The molecule has 0 atom stereocenters. The number of alkyl carbamates (subject to hydrolysis) is 1. The van der Waals surface area contributed by atoms with Gasteiger partial charge in [0, 0.05) is 13.0 Å². The number of benzene rings is 2. The fraction of sp³-hybridized carbons (Fsp3) is 0.391. The van der Waals surface area contributed by atoms with E-state index in [2.05, 4.69) is 17.4 Å². The summed E-state index contributed by atoms with van der Waals surface area (Å²) in [5.74, 6) is -1.08. The van der Waals surface area contributed by atoms with Crippen molar-refractivity contribution in [3.8, 4) is 11.1 Å². The van der Waals surface area contributed by atoms with Crippen LogP contribution in [0.3, 0.4) is 0 Å². The molecular formula is C23H25NO5. The van der Waals surface area contributed by atoms with Gasteiger partial charge in [0.25, 0.3) is 0 Å². The van der Waals surface area contributed by atoms with Gasteiger partial charge in [-0.3, -0.25) is 0 Å². The quantitative estimate of drug-likeness (QED) is 0.801. The SMILES string of the molecule is COC1CCC(NC(=O)OCC2c3ccccc3-c3ccccc32)(C(=O)O)CC1. The first-order chi connectivity index (χ1) is 14.0. The molecule has 29 heavy (non-hydrogen) atoms. The van der Waals surface area contributed by atoms with E-state index in [-0.39, 0.29) is 18.6 Å². The van der Waals surface area contributed by atoms with E-state index in [4.69, 9.17) is 9.47 Å². The first-order valence-electron chi connectivity index (χ1n) is 9.93. The van der Waals surface area contributed by atoms with Gasteiger partial charge in [-0.25, -0.2) is 9.59 Å². The fourth-order valence-electron chi connectivity index (χ4n) is 4.54. The predicted molar refractivity (Wildman–Crippen MR) is 108 cm³/mol. The van der Waals surface area contributed by atoms with E-state index in [0.717, 1.165) is 22.3 Å². The van der Waals surface area contributed by atoms with Crippen LogP contribution >= 0.6 is 0 Å². The number of aliphatic carboxylic acids is 1. The van der Waals surface area contributed by atoms with Crippen LogP contribution in [0.1, 0.15) is 42.7 Å². The van der Waals surface area contributed by atoms with Gasteiger partial charge in [0.15, 0.2) is 0 Å². The van der Waals surface area contributed by atoms with Gasteiger partial charge in [-0.05, 0) is 47.9 Å². The summed E-state index contributed by atoms with van der Waals surface area (Å²) in [5.41, 5.74) is 3.25. The van der Waals surface area contributed by atoms with Gasteiger partial charge in [-0.1, -0.05) is 48.5 Å². The number of carbonyl (C=O) groups is 2. The van der Waals surface area contributed by atoms with Crippen molar-refractivity contribution in [3.05, 3.63) is 59.7 Å². The molecule has 152 valence electrons. The lowest BCUT2D eigenvalue weighted by Gasteiger charge is -2.36. The Kier molecular flexibility index (Phi) is 5.28. The number of carbonyl (C=O) groups excluding carboxylic acids is 1. The van der Waals surface area contributed by atoms with E-state index in [9.17, 15) is 14.7 Å². The summed E-state index contributed by atoms with van der Waals surface area (Å²) in [5, 5.41) is 12.4. The Morgan fingerprint density at radius 3 is 2.10 bits per heavy atom. The average Bonchev–Trinajstić information content (AvgIpc) is 3.06. The van der Waals surface area contributed by atoms with E-state index in [1.54, 1.807) is 7.11 Å². The monoisotopic (exact) mass is 395 g/mol. The zero-order valence-electron chi connectivity index (χ0n) is 16.4. The molecule has 6 nitrogen and oxygen atoms in total. The molecule has 6 heteroatoms. The molecule has 2 aliphatic rings. The zero-order chi connectivity index (χ0) is 20.4. The van der Waals surface area contributed by atoms with Crippen LogP contribution in [0.2, 0.25) is 0 Å². The van der Waals surface area contributed by atoms with Crippen molar-refractivity contribution in [2.24, 2.45) is 0 Å². The molecule has 0 unspecified atom stereocenters. The van der Waals surface area contributed by atoms with Crippen LogP contribution in [0.5, 0.6) is 0 Å². The molecule has 2 aromatic rings. The largest absolute Gasteiger partial charge is 0.480 e. The van der Waals surface area contributed by atoms with Crippen molar-refractivity contribution < 1.29 is 24.2 Å². The number of fused-ring (bicyclic) bond motifs is 3. The first-order valence-corrected chi connectivity index (χ1v) is 9.93. The third-order valence-electron chi connectivity index (χ3n) is 6.21. The van der Waals surface area contributed by atoms with Gasteiger partial charge >= 0.3 is 12.1 Å². The van der Waals surface area contributed by atoms with Crippen molar-refractivity contribution in [2.45, 2.75) is 43.2 Å². The molecule has 2 aliphatic carbocycles. The van der Waals surface area contributed by atoms with Crippen LogP contribution in [0.15, 0.2) is 48.5 Å². The van der Waals surface area contributed by atoms with Crippen molar-refractivity contribution in [2.75, 3.05) is 13.7 Å². The summed E-state index contributed by atoms with van der Waals surface area (Å²) in [6.07, 6.45) is 1.17. The molecule has 0 radical (unpaired) electrons. The topological polar surface area (TPSA) is 84.9 Å².